The molecule has 1 aromatic heterocycles. The number of halogens is 2. The molecule has 0 radical (unpaired) electrons. The van der Waals surface area contributed by atoms with Gasteiger partial charge in [-0.05, 0) is 36.7 Å². The molecular weight excluding hydrogens is 380 g/mol. The second-order valence-corrected chi connectivity index (χ2v) is 8.94. The van der Waals surface area contributed by atoms with Crippen LogP contribution in [0.5, 0.6) is 0 Å². The average Bonchev–Trinajstić information content (AvgIpc) is 2.80. The molecule has 120 valence electrons. The molecule has 1 aliphatic rings. The Hall–Kier alpha value is -0.0800. The van der Waals surface area contributed by atoms with Crippen molar-refractivity contribution in [2.24, 2.45) is 0 Å². The standard InChI is InChI=1S/C13H20BrClN2O3S/c1-13(2,3)16-4-6-17(7-5-16)21(18,19)11-8-10(9-15)20-12(11)14/h8H,4-7,9H2,1-3H3. The van der Waals surface area contributed by atoms with Gasteiger partial charge in [-0.3, -0.25) is 4.90 Å². The van der Waals surface area contributed by atoms with Crippen molar-refractivity contribution < 1.29 is 12.8 Å². The Morgan fingerprint density at radius 1 is 1.29 bits per heavy atom. The lowest BCUT2D eigenvalue weighted by Crippen LogP contribution is -2.54. The molecule has 8 heteroatoms. The lowest BCUT2D eigenvalue weighted by Gasteiger charge is -2.41. The molecule has 21 heavy (non-hydrogen) atoms. The summed E-state index contributed by atoms with van der Waals surface area (Å²) in [6.45, 7) is 8.81. The highest BCUT2D eigenvalue weighted by Gasteiger charge is 2.34. The van der Waals surface area contributed by atoms with Crippen LogP contribution in [-0.2, 0) is 15.9 Å². The normalized spacial score (nSPS) is 19.1. The van der Waals surface area contributed by atoms with E-state index >= 15 is 0 Å². The quantitative estimate of drug-likeness (QED) is 0.733. The van der Waals surface area contributed by atoms with Crippen molar-refractivity contribution in [2.45, 2.75) is 37.1 Å². The summed E-state index contributed by atoms with van der Waals surface area (Å²) in [7, 11) is -3.54. The van der Waals surface area contributed by atoms with Crippen LogP contribution in [0.3, 0.4) is 0 Å². The largest absolute Gasteiger partial charge is 0.452 e. The van der Waals surface area contributed by atoms with Crippen molar-refractivity contribution >= 4 is 37.6 Å². The number of nitrogens with zero attached hydrogens (tertiary/aromatic N) is 2. The molecule has 1 aliphatic heterocycles. The molecule has 0 saturated carbocycles. The molecule has 0 atom stereocenters. The first-order valence-electron chi connectivity index (χ1n) is 6.75. The number of hydrogen-bond donors (Lipinski definition) is 0. The molecule has 0 unspecified atom stereocenters. The lowest BCUT2D eigenvalue weighted by molar-refractivity contribution is 0.0921. The lowest BCUT2D eigenvalue weighted by atomic mass is 10.1. The molecule has 1 aromatic rings. The number of sulfonamides is 1. The van der Waals surface area contributed by atoms with E-state index in [1.54, 1.807) is 0 Å². The third kappa shape index (κ3) is 3.64. The van der Waals surface area contributed by atoms with Crippen LogP contribution in [0.1, 0.15) is 26.5 Å². The highest BCUT2D eigenvalue weighted by Crippen LogP contribution is 2.30. The van der Waals surface area contributed by atoms with Crippen LogP contribution in [0.4, 0.5) is 0 Å². The highest BCUT2D eigenvalue weighted by atomic mass is 79.9. The molecule has 2 rings (SSSR count). The molecule has 0 aliphatic carbocycles. The summed E-state index contributed by atoms with van der Waals surface area (Å²) >= 11 is 8.85. The molecule has 5 nitrogen and oxygen atoms in total. The average molecular weight is 400 g/mol. The van der Waals surface area contributed by atoms with Crippen LogP contribution in [0, 0.1) is 0 Å². The van der Waals surface area contributed by atoms with Gasteiger partial charge in [0.25, 0.3) is 0 Å². The van der Waals surface area contributed by atoms with Gasteiger partial charge < -0.3 is 4.42 Å². The molecule has 1 saturated heterocycles. The van der Waals surface area contributed by atoms with E-state index in [9.17, 15) is 8.42 Å². The summed E-state index contributed by atoms with van der Waals surface area (Å²) in [5.41, 5.74) is 0.0534. The molecule has 0 spiro atoms. The van der Waals surface area contributed by atoms with Crippen molar-refractivity contribution in [2.75, 3.05) is 26.2 Å². The summed E-state index contributed by atoms with van der Waals surface area (Å²) in [5.74, 6) is 0.585. The molecule has 0 aromatic carbocycles. The molecule has 0 amide bonds. The number of furan rings is 1. The number of piperazine rings is 1. The monoisotopic (exact) mass is 398 g/mol. The van der Waals surface area contributed by atoms with E-state index < -0.39 is 10.0 Å². The number of hydrogen-bond acceptors (Lipinski definition) is 4. The Labute approximate surface area is 139 Å². The molecule has 0 bridgehead atoms. The van der Waals surface area contributed by atoms with E-state index in [-0.39, 0.29) is 21.0 Å². The van der Waals surface area contributed by atoms with Gasteiger partial charge in [-0.15, -0.1) is 11.6 Å². The second-order valence-electron chi connectivity index (χ2n) is 6.05. The van der Waals surface area contributed by atoms with Crippen molar-refractivity contribution in [3.05, 3.63) is 16.5 Å². The summed E-state index contributed by atoms with van der Waals surface area (Å²) in [5, 5.41) is 0. The minimum Gasteiger partial charge on any atom is -0.452 e. The molecule has 1 fully saturated rings. The molecule has 2 heterocycles. The first-order valence-corrected chi connectivity index (χ1v) is 9.52. The zero-order valence-electron chi connectivity index (χ0n) is 12.4. The Balaban J connectivity index is 2.17. The number of alkyl halides is 1. The van der Waals surface area contributed by atoms with Gasteiger partial charge in [0.05, 0.1) is 5.88 Å². The predicted octanol–water partition coefficient (Wildman–Crippen LogP) is 2.89. The van der Waals surface area contributed by atoms with Crippen molar-refractivity contribution in [3.63, 3.8) is 0 Å². The van der Waals surface area contributed by atoms with Crippen LogP contribution >= 0.6 is 27.5 Å². The van der Waals surface area contributed by atoms with Crippen LogP contribution in [0.25, 0.3) is 0 Å². The van der Waals surface area contributed by atoms with E-state index in [1.807, 2.05) is 0 Å². The van der Waals surface area contributed by atoms with Gasteiger partial charge in [0, 0.05) is 37.8 Å². The Morgan fingerprint density at radius 2 is 1.86 bits per heavy atom. The fraction of sp³-hybridized carbons (Fsp3) is 0.692. The zero-order chi connectivity index (χ0) is 15.8. The smallest absolute Gasteiger partial charge is 0.247 e. The van der Waals surface area contributed by atoms with Crippen LogP contribution in [0.2, 0.25) is 0 Å². The maximum Gasteiger partial charge on any atom is 0.247 e. The van der Waals surface area contributed by atoms with Gasteiger partial charge in [-0.25, -0.2) is 8.42 Å². The third-order valence-electron chi connectivity index (χ3n) is 3.64. The van der Waals surface area contributed by atoms with Crippen LogP contribution in [0.15, 0.2) is 20.0 Å². The van der Waals surface area contributed by atoms with Crippen LogP contribution in [-0.4, -0.2) is 49.3 Å². The summed E-state index contributed by atoms with van der Waals surface area (Å²) in [4.78, 5) is 2.44. The van der Waals surface area contributed by atoms with Crippen molar-refractivity contribution in [1.82, 2.24) is 9.21 Å². The first-order chi connectivity index (χ1) is 9.66. The zero-order valence-corrected chi connectivity index (χ0v) is 15.6. The number of rotatable bonds is 3. The third-order valence-corrected chi connectivity index (χ3v) is 6.66. The van der Waals surface area contributed by atoms with Gasteiger partial charge in [0.1, 0.15) is 10.7 Å². The summed E-state index contributed by atoms with van der Waals surface area (Å²) in [6.07, 6.45) is 0. The minimum atomic E-state index is -3.54. The van der Waals surface area contributed by atoms with Gasteiger partial charge in [-0.2, -0.15) is 4.31 Å². The van der Waals surface area contributed by atoms with Gasteiger partial charge >= 0.3 is 0 Å². The molecular formula is C13H20BrClN2O3S. The van der Waals surface area contributed by atoms with E-state index in [4.69, 9.17) is 16.0 Å². The maximum absolute atomic E-state index is 12.7. The van der Waals surface area contributed by atoms with Crippen molar-refractivity contribution in [1.29, 1.82) is 0 Å². The van der Waals surface area contributed by atoms with Crippen LogP contribution < -0.4 is 0 Å². The SMILES string of the molecule is CC(C)(C)N1CCN(S(=O)(=O)c2cc(CCl)oc2Br)CC1. The summed E-state index contributed by atoms with van der Waals surface area (Å²) in [6, 6.07) is 1.49. The first kappa shape index (κ1) is 17.3. The second kappa shape index (κ2) is 6.20. The van der Waals surface area contributed by atoms with Gasteiger partial charge in [-0.1, -0.05) is 0 Å². The van der Waals surface area contributed by atoms with Gasteiger partial charge in [0.15, 0.2) is 4.67 Å². The van der Waals surface area contributed by atoms with E-state index in [1.165, 1.54) is 10.4 Å². The predicted molar refractivity (Wildman–Crippen MR) is 86.0 cm³/mol. The highest BCUT2D eigenvalue weighted by molar-refractivity contribution is 9.10. The summed E-state index contributed by atoms with van der Waals surface area (Å²) < 4.78 is 32.3. The van der Waals surface area contributed by atoms with E-state index in [0.717, 1.165) is 13.1 Å². The minimum absolute atomic E-state index is 0.0534. The fourth-order valence-electron chi connectivity index (χ4n) is 2.38. The Kier molecular flexibility index (Phi) is 5.10. The van der Waals surface area contributed by atoms with E-state index in [0.29, 0.717) is 18.8 Å². The van der Waals surface area contributed by atoms with E-state index in [2.05, 4.69) is 41.6 Å². The Morgan fingerprint density at radius 3 is 2.29 bits per heavy atom. The fourth-order valence-corrected chi connectivity index (χ4v) is 4.89. The topological polar surface area (TPSA) is 53.8 Å². The Bertz CT molecular complexity index is 601. The van der Waals surface area contributed by atoms with Gasteiger partial charge in [0.2, 0.25) is 10.0 Å². The van der Waals surface area contributed by atoms with Crippen molar-refractivity contribution in [3.8, 4) is 0 Å². The maximum atomic E-state index is 12.7. The molecule has 0 N–H and O–H groups in total.